The standard InChI is InChI=1S/C14H26N4/c1-4-8-16-14(13(2)15-3)17-9-12-18-10-6-5-7-11-18/h4,8H,5-7,9-12H2,1-3H3,(H,16,17)/b8-4-,15-13?. The van der Waals surface area contributed by atoms with Crippen LogP contribution in [-0.4, -0.2) is 49.7 Å². The van der Waals surface area contributed by atoms with E-state index in [2.05, 4.69) is 20.2 Å². The molecule has 1 aliphatic heterocycles. The molecule has 0 saturated carbocycles. The minimum absolute atomic E-state index is 0.840. The van der Waals surface area contributed by atoms with Crippen LogP contribution in [0.25, 0.3) is 0 Å². The molecule has 0 aromatic heterocycles. The van der Waals surface area contributed by atoms with Crippen LogP contribution >= 0.6 is 0 Å². The van der Waals surface area contributed by atoms with Crippen molar-refractivity contribution in [3.05, 3.63) is 12.3 Å². The van der Waals surface area contributed by atoms with E-state index in [9.17, 15) is 0 Å². The van der Waals surface area contributed by atoms with Gasteiger partial charge in [-0.3, -0.25) is 9.98 Å². The first-order valence-corrected chi connectivity index (χ1v) is 6.86. The highest BCUT2D eigenvalue weighted by Crippen LogP contribution is 2.07. The first-order valence-electron chi connectivity index (χ1n) is 6.86. The Hall–Kier alpha value is -1.16. The van der Waals surface area contributed by atoms with Gasteiger partial charge in [-0.15, -0.1) is 0 Å². The Balaban J connectivity index is 2.43. The van der Waals surface area contributed by atoms with Crippen molar-refractivity contribution in [2.24, 2.45) is 9.98 Å². The van der Waals surface area contributed by atoms with Crippen LogP contribution in [0.15, 0.2) is 22.3 Å². The summed E-state index contributed by atoms with van der Waals surface area (Å²) >= 11 is 0. The fraction of sp³-hybridized carbons (Fsp3) is 0.714. The molecular weight excluding hydrogens is 224 g/mol. The van der Waals surface area contributed by atoms with E-state index in [1.165, 1.54) is 32.4 Å². The Morgan fingerprint density at radius 1 is 1.28 bits per heavy atom. The van der Waals surface area contributed by atoms with Crippen LogP contribution in [0.2, 0.25) is 0 Å². The molecule has 0 atom stereocenters. The maximum atomic E-state index is 4.61. The lowest BCUT2D eigenvalue weighted by Crippen LogP contribution is -2.33. The maximum Gasteiger partial charge on any atom is 0.146 e. The van der Waals surface area contributed by atoms with Gasteiger partial charge in [-0.05, 0) is 46.0 Å². The molecule has 0 aliphatic carbocycles. The summed E-state index contributed by atoms with van der Waals surface area (Å²) in [6, 6.07) is 0. The average molecular weight is 250 g/mol. The number of likely N-dealkylation sites (tertiary alicyclic amines) is 1. The van der Waals surface area contributed by atoms with Crippen molar-refractivity contribution < 1.29 is 0 Å². The Labute approximate surface area is 111 Å². The van der Waals surface area contributed by atoms with Gasteiger partial charge in [0.05, 0.1) is 12.3 Å². The summed E-state index contributed by atoms with van der Waals surface area (Å²) in [4.78, 5) is 11.3. The molecule has 4 heteroatoms. The second kappa shape index (κ2) is 8.86. The average Bonchev–Trinajstić information content (AvgIpc) is 2.43. The summed E-state index contributed by atoms with van der Waals surface area (Å²) in [5.41, 5.74) is 0.951. The summed E-state index contributed by atoms with van der Waals surface area (Å²) in [5.74, 6) is 0.882. The van der Waals surface area contributed by atoms with Crippen LogP contribution in [0.1, 0.15) is 33.1 Å². The molecule has 0 amide bonds. The van der Waals surface area contributed by atoms with Crippen molar-refractivity contribution >= 4 is 11.5 Å². The number of aliphatic imine (C=N–C) groups is 2. The zero-order valence-electron chi connectivity index (χ0n) is 11.9. The molecule has 1 aliphatic rings. The molecule has 4 nitrogen and oxygen atoms in total. The van der Waals surface area contributed by atoms with E-state index in [-0.39, 0.29) is 0 Å². The molecule has 102 valence electrons. The molecule has 0 spiro atoms. The third-order valence-corrected chi connectivity index (χ3v) is 3.20. The minimum atomic E-state index is 0.840. The van der Waals surface area contributed by atoms with Gasteiger partial charge < -0.3 is 10.2 Å². The van der Waals surface area contributed by atoms with E-state index in [0.717, 1.165) is 24.6 Å². The van der Waals surface area contributed by atoms with Gasteiger partial charge >= 0.3 is 0 Å². The molecule has 0 unspecified atom stereocenters. The summed E-state index contributed by atoms with van der Waals surface area (Å²) < 4.78 is 0. The number of hydrogen-bond donors (Lipinski definition) is 1. The number of nitrogens with one attached hydrogen (secondary N) is 1. The van der Waals surface area contributed by atoms with Crippen molar-refractivity contribution in [3.63, 3.8) is 0 Å². The van der Waals surface area contributed by atoms with Gasteiger partial charge in [-0.1, -0.05) is 12.5 Å². The van der Waals surface area contributed by atoms with Crippen molar-refractivity contribution in [2.45, 2.75) is 33.1 Å². The largest absolute Gasteiger partial charge is 0.346 e. The lowest BCUT2D eigenvalue weighted by atomic mass is 10.1. The van der Waals surface area contributed by atoms with E-state index < -0.39 is 0 Å². The Morgan fingerprint density at radius 2 is 2.00 bits per heavy atom. The van der Waals surface area contributed by atoms with Crippen LogP contribution in [-0.2, 0) is 0 Å². The monoisotopic (exact) mass is 250 g/mol. The van der Waals surface area contributed by atoms with Crippen molar-refractivity contribution in [1.82, 2.24) is 10.2 Å². The molecule has 1 rings (SSSR count). The minimum Gasteiger partial charge on any atom is -0.346 e. The van der Waals surface area contributed by atoms with Crippen molar-refractivity contribution in [1.29, 1.82) is 0 Å². The van der Waals surface area contributed by atoms with Gasteiger partial charge in [0.15, 0.2) is 0 Å². The van der Waals surface area contributed by atoms with Crippen LogP contribution in [0, 0.1) is 0 Å². The van der Waals surface area contributed by atoms with E-state index in [1.807, 2.05) is 26.1 Å². The van der Waals surface area contributed by atoms with Crippen LogP contribution in [0.3, 0.4) is 0 Å². The Bertz CT molecular complexity index is 312. The first-order chi connectivity index (χ1) is 8.77. The second-order valence-electron chi connectivity index (χ2n) is 4.59. The van der Waals surface area contributed by atoms with Crippen molar-refractivity contribution in [3.8, 4) is 0 Å². The Kier molecular flexibility index (Phi) is 7.34. The lowest BCUT2D eigenvalue weighted by molar-refractivity contribution is 0.235. The van der Waals surface area contributed by atoms with Crippen LogP contribution < -0.4 is 5.32 Å². The van der Waals surface area contributed by atoms with Gasteiger partial charge in [0.25, 0.3) is 0 Å². The molecule has 1 saturated heterocycles. The zero-order valence-corrected chi connectivity index (χ0v) is 11.9. The summed E-state index contributed by atoms with van der Waals surface area (Å²) in [7, 11) is 1.80. The number of hydrogen-bond acceptors (Lipinski definition) is 3. The number of nitrogens with zero attached hydrogens (tertiary/aromatic N) is 3. The SMILES string of the molecule is C/C=C\NC(=NCCN1CCCCC1)C(C)=NC. The molecule has 1 fully saturated rings. The predicted octanol–water partition coefficient (Wildman–Crippen LogP) is 2.08. The van der Waals surface area contributed by atoms with Crippen LogP contribution in [0.5, 0.6) is 0 Å². The lowest BCUT2D eigenvalue weighted by Gasteiger charge is -2.25. The topological polar surface area (TPSA) is 40.0 Å². The molecule has 0 aromatic carbocycles. The molecule has 1 heterocycles. The summed E-state index contributed by atoms with van der Waals surface area (Å²) in [6.45, 7) is 8.32. The number of allylic oxidation sites excluding steroid dienone is 1. The fourth-order valence-corrected chi connectivity index (χ4v) is 2.02. The van der Waals surface area contributed by atoms with Gasteiger partial charge in [0.1, 0.15) is 5.84 Å². The normalized spacial score (nSPS) is 19.5. The number of rotatable bonds is 5. The highest BCUT2D eigenvalue weighted by atomic mass is 15.1. The third kappa shape index (κ3) is 5.45. The smallest absolute Gasteiger partial charge is 0.146 e. The van der Waals surface area contributed by atoms with E-state index in [4.69, 9.17) is 0 Å². The van der Waals surface area contributed by atoms with E-state index in [0.29, 0.717) is 0 Å². The van der Waals surface area contributed by atoms with Crippen molar-refractivity contribution in [2.75, 3.05) is 33.2 Å². The molecular formula is C14H26N4. The maximum absolute atomic E-state index is 4.61. The van der Waals surface area contributed by atoms with Gasteiger partial charge in [0, 0.05) is 13.6 Å². The van der Waals surface area contributed by atoms with Gasteiger partial charge in [-0.2, -0.15) is 0 Å². The third-order valence-electron chi connectivity index (χ3n) is 3.20. The fourth-order valence-electron chi connectivity index (χ4n) is 2.02. The first kappa shape index (κ1) is 14.9. The predicted molar refractivity (Wildman–Crippen MR) is 79.6 cm³/mol. The van der Waals surface area contributed by atoms with E-state index >= 15 is 0 Å². The second-order valence-corrected chi connectivity index (χ2v) is 4.59. The quantitative estimate of drug-likeness (QED) is 0.599. The Morgan fingerprint density at radius 3 is 2.61 bits per heavy atom. The molecule has 1 N–H and O–H groups in total. The highest BCUT2D eigenvalue weighted by Gasteiger charge is 2.09. The zero-order chi connectivity index (χ0) is 13.2. The molecule has 0 radical (unpaired) electrons. The van der Waals surface area contributed by atoms with E-state index in [1.54, 1.807) is 7.05 Å². The van der Waals surface area contributed by atoms with Crippen LogP contribution in [0.4, 0.5) is 0 Å². The summed E-state index contributed by atoms with van der Waals surface area (Å²) in [6.07, 6.45) is 7.92. The number of amidine groups is 1. The highest BCUT2D eigenvalue weighted by molar-refractivity contribution is 6.40. The van der Waals surface area contributed by atoms with Gasteiger partial charge in [-0.25, -0.2) is 0 Å². The molecule has 0 bridgehead atoms. The van der Waals surface area contributed by atoms with Gasteiger partial charge in [0.2, 0.25) is 0 Å². The number of piperidine rings is 1. The molecule has 18 heavy (non-hydrogen) atoms. The summed E-state index contributed by atoms with van der Waals surface area (Å²) in [5, 5.41) is 3.18. The molecule has 0 aromatic rings.